The molecule has 4 nitrogen and oxygen atoms in total. The first kappa shape index (κ1) is 15.6. The molecule has 0 aliphatic heterocycles. The lowest BCUT2D eigenvalue weighted by molar-refractivity contribution is -0.137. The average molecular weight is 296 g/mol. The molecule has 0 saturated heterocycles. The van der Waals surface area contributed by atoms with Gasteiger partial charge in [-0.2, -0.15) is 21.6 Å². The van der Waals surface area contributed by atoms with Crippen molar-refractivity contribution in [2.45, 2.75) is 19.2 Å². The van der Waals surface area contributed by atoms with Crippen LogP contribution in [0.4, 0.5) is 13.2 Å². The van der Waals surface area contributed by atoms with E-state index < -0.39 is 33.7 Å². The number of hydrogen-bond acceptors (Lipinski definition) is 4. The van der Waals surface area contributed by atoms with E-state index in [2.05, 4.69) is 4.18 Å². The Balaban J connectivity index is 2.90. The first-order chi connectivity index (χ1) is 8.50. The zero-order chi connectivity index (χ0) is 14.8. The maximum absolute atomic E-state index is 12.3. The third-order valence-electron chi connectivity index (χ3n) is 2.19. The van der Waals surface area contributed by atoms with Crippen LogP contribution in [0.25, 0.3) is 0 Å². The van der Waals surface area contributed by atoms with Crippen LogP contribution >= 0.6 is 0 Å². The highest BCUT2D eigenvalue weighted by molar-refractivity contribution is 7.86. The van der Waals surface area contributed by atoms with Crippen LogP contribution in [-0.2, 0) is 20.5 Å². The fraction of sp³-hybridized carbons (Fsp3) is 0.364. The smallest absolute Gasteiger partial charge is 0.291 e. The van der Waals surface area contributed by atoms with E-state index in [1.165, 1.54) is 6.92 Å². The predicted molar refractivity (Wildman–Crippen MR) is 61.2 cm³/mol. The summed E-state index contributed by atoms with van der Waals surface area (Å²) in [7, 11) is -3.81. The molecule has 19 heavy (non-hydrogen) atoms. The molecule has 1 aromatic rings. The van der Waals surface area contributed by atoms with Crippen LogP contribution in [0.1, 0.15) is 22.8 Å². The zero-order valence-corrected chi connectivity index (χ0v) is 10.9. The molecule has 0 unspecified atom stereocenters. The maximum atomic E-state index is 12.3. The molecule has 1 rings (SSSR count). The summed E-state index contributed by atoms with van der Waals surface area (Å²) in [6.45, 7) is 1.21. The molecule has 1 atom stereocenters. The quantitative estimate of drug-likeness (QED) is 0.631. The second-order valence-electron chi connectivity index (χ2n) is 3.88. The lowest BCUT2D eigenvalue weighted by Crippen LogP contribution is -2.24. The highest BCUT2D eigenvalue weighted by Gasteiger charge is 2.30. The highest BCUT2D eigenvalue weighted by atomic mass is 32.2. The number of carbonyl (C=O) groups is 1. The average Bonchev–Trinajstić information content (AvgIpc) is 2.24. The molecule has 1 aromatic carbocycles. The Morgan fingerprint density at radius 2 is 1.68 bits per heavy atom. The van der Waals surface area contributed by atoms with Crippen molar-refractivity contribution in [3.8, 4) is 0 Å². The summed E-state index contributed by atoms with van der Waals surface area (Å²) in [6.07, 6.45) is -4.99. The summed E-state index contributed by atoms with van der Waals surface area (Å²) in [6, 6.07) is 3.46. The number of ketones is 1. The van der Waals surface area contributed by atoms with Crippen molar-refractivity contribution in [2.24, 2.45) is 0 Å². The van der Waals surface area contributed by atoms with E-state index in [1.807, 2.05) is 0 Å². The molecular weight excluding hydrogens is 285 g/mol. The molecule has 0 spiro atoms. The highest BCUT2D eigenvalue weighted by Crippen LogP contribution is 2.29. The third kappa shape index (κ3) is 4.64. The van der Waals surface area contributed by atoms with Gasteiger partial charge in [0.2, 0.25) is 0 Å². The molecule has 0 fully saturated rings. The Kier molecular flexibility index (Phi) is 4.36. The molecule has 0 saturated carbocycles. The van der Waals surface area contributed by atoms with Crippen LogP contribution in [0.3, 0.4) is 0 Å². The minimum absolute atomic E-state index is 0.0517. The summed E-state index contributed by atoms with van der Waals surface area (Å²) < 4.78 is 63.1. The Morgan fingerprint density at radius 1 is 1.21 bits per heavy atom. The minimum Gasteiger partial charge on any atom is -0.291 e. The van der Waals surface area contributed by atoms with E-state index in [4.69, 9.17) is 0 Å². The summed E-state index contributed by atoms with van der Waals surface area (Å²) in [5.74, 6) is -0.709. The molecule has 0 aromatic heterocycles. The van der Waals surface area contributed by atoms with Gasteiger partial charge < -0.3 is 0 Å². The van der Waals surface area contributed by atoms with Crippen LogP contribution in [0.5, 0.6) is 0 Å². The summed E-state index contributed by atoms with van der Waals surface area (Å²) >= 11 is 0. The van der Waals surface area contributed by atoms with Crippen molar-refractivity contribution in [3.05, 3.63) is 35.4 Å². The monoisotopic (exact) mass is 296 g/mol. The Labute approximate surface area is 108 Å². The molecule has 0 N–H and O–H groups in total. The molecule has 0 aliphatic rings. The number of halogens is 3. The van der Waals surface area contributed by atoms with Gasteiger partial charge in [0.15, 0.2) is 5.78 Å². The van der Waals surface area contributed by atoms with Crippen molar-refractivity contribution in [2.75, 3.05) is 6.26 Å². The SMILES string of the molecule is C[C@@H](OS(C)(=O)=O)C(=O)c1ccc(C(F)(F)F)cc1. The molecule has 8 heteroatoms. The molecule has 0 amide bonds. The van der Waals surface area contributed by atoms with Gasteiger partial charge in [-0.1, -0.05) is 12.1 Å². The Hall–Kier alpha value is -1.41. The van der Waals surface area contributed by atoms with Crippen LogP contribution in [-0.4, -0.2) is 26.6 Å². The maximum Gasteiger partial charge on any atom is 0.416 e. The van der Waals surface area contributed by atoms with E-state index in [1.54, 1.807) is 0 Å². The number of hydrogen-bond donors (Lipinski definition) is 0. The van der Waals surface area contributed by atoms with E-state index in [9.17, 15) is 26.4 Å². The van der Waals surface area contributed by atoms with Gasteiger partial charge in [0, 0.05) is 5.56 Å². The van der Waals surface area contributed by atoms with Gasteiger partial charge in [0.05, 0.1) is 11.8 Å². The number of benzene rings is 1. The second-order valence-corrected chi connectivity index (χ2v) is 5.48. The van der Waals surface area contributed by atoms with Gasteiger partial charge in [-0.25, -0.2) is 0 Å². The van der Waals surface area contributed by atoms with Crippen molar-refractivity contribution < 1.29 is 30.6 Å². The van der Waals surface area contributed by atoms with E-state index >= 15 is 0 Å². The number of Topliss-reactive ketones (excluding diaryl/α,β-unsaturated/α-hetero) is 1. The van der Waals surface area contributed by atoms with Crippen molar-refractivity contribution >= 4 is 15.9 Å². The van der Waals surface area contributed by atoms with Crippen LogP contribution in [0.2, 0.25) is 0 Å². The van der Waals surface area contributed by atoms with Gasteiger partial charge in [0.25, 0.3) is 10.1 Å². The van der Waals surface area contributed by atoms with Gasteiger partial charge in [-0.3, -0.25) is 8.98 Å². The van der Waals surface area contributed by atoms with Crippen LogP contribution in [0.15, 0.2) is 24.3 Å². The van der Waals surface area contributed by atoms with Gasteiger partial charge >= 0.3 is 6.18 Å². The van der Waals surface area contributed by atoms with E-state index in [0.29, 0.717) is 0 Å². The fourth-order valence-electron chi connectivity index (χ4n) is 1.36. The third-order valence-corrected chi connectivity index (χ3v) is 2.82. The van der Waals surface area contributed by atoms with Gasteiger partial charge in [-0.05, 0) is 19.1 Å². The first-order valence-corrected chi connectivity index (χ1v) is 6.92. The van der Waals surface area contributed by atoms with Crippen molar-refractivity contribution in [1.82, 2.24) is 0 Å². The van der Waals surface area contributed by atoms with Crippen molar-refractivity contribution in [1.29, 1.82) is 0 Å². The van der Waals surface area contributed by atoms with Crippen LogP contribution < -0.4 is 0 Å². The topological polar surface area (TPSA) is 60.4 Å². The Morgan fingerprint density at radius 3 is 2.05 bits per heavy atom. The number of alkyl halides is 3. The molecule has 0 radical (unpaired) electrons. The number of rotatable bonds is 4. The predicted octanol–water partition coefficient (Wildman–Crippen LogP) is 2.25. The van der Waals surface area contributed by atoms with Gasteiger partial charge in [-0.15, -0.1) is 0 Å². The second kappa shape index (κ2) is 5.30. The lowest BCUT2D eigenvalue weighted by atomic mass is 10.1. The normalized spacial score (nSPS) is 14.2. The Bertz CT molecular complexity index is 561. The van der Waals surface area contributed by atoms with E-state index in [-0.39, 0.29) is 5.56 Å². The van der Waals surface area contributed by atoms with E-state index in [0.717, 1.165) is 30.5 Å². The summed E-state index contributed by atoms with van der Waals surface area (Å²) in [5, 5.41) is 0. The molecule has 0 heterocycles. The van der Waals surface area contributed by atoms with Crippen LogP contribution in [0, 0.1) is 0 Å². The van der Waals surface area contributed by atoms with Crippen molar-refractivity contribution in [3.63, 3.8) is 0 Å². The largest absolute Gasteiger partial charge is 0.416 e. The molecule has 0 aliphatic carbocycles. The molecular formula is C11H11F3O4S. The standard InChI is InChI=1S/C11H11F3O4S/c1-7(18-19(2,16)17)10(15)8-3-5-9(6-4-8)11(12,13)14/h3-7H,1-2H3/t7-/m1/s1. The molecule has 106 valence electrons. The minimum atomic E-state index is -4.49. The molecule has 0 bridgehead atoms. The summed E-state index contributed by atoms with van der Waals surface area (Å²) in [4.78, 5) is 11.7. The fourth-order valence-corrected chi connectivity index (χ4v) is 1.98. The summed E-state index contributed by atoms with van der Waals surface area (Å²) in [5.41, 5.74) is -0.940. The lowest BCUT2D eigenvalue weighted by Gasteiger charge is -2.11. The van der Waals surface area contributed by atoms with Gasteiger partial charge in [0.1, 0.15) is 6.10 Å². The first-order valence-electron chi connectivity index (χ1n) is 5.10. The zero-order valence-electron chi connectivity index (χ0n) is 10.1. The number of carbonyl (C=O) groups excluding carboxylic acids is 1.